The Morgan fingerprint density at radius 2 is 0.875 bits per heavy atom. The molecule has 0 aromatic heterocycles. The molecule has 0 atom stereocenters. The maximum Gasteiger partial charge on any atom is 0.162 e. The summed E-state index contributed by atoms with van der Waals surface area (Å²) in [7, 11) is 0. The quantitative estimate of drug-likeness (QED) is 0.545. The van der Waals surface area contributed by atoms with E-state index < -0.39 is 0 Å². The predicted molar refractivity (Wildman–Crippen MR) is 96.4 cm³/mol. The number of hydrogen-bond donors (Lipinski definition) is 0. The topological polar surface area (TPSA) is 18.5 Å². The molecular weight excluding hydrogens is 296 g/mol. The maximum absolute atomic E-state index is 6.03. The summed E-state index contributed by atoms with van der Waals surface area (Å²) >= 11 is 0. The van der Waals surface area contributed by atoms with Crippen molar-refractivity contribution < 1.29 is 9.47 Å². The number of ether oxygens (including phenoxy) is 2. The highest BCUT2D eigenvalue weighted by Gasteiger charge is 2.11. The van der Waals surface area contributed by atoms with Crippen molar-refractivity contribution >= 4 is 0 Å². The monoisotopic (exact) mass is 318 g/mol. The fraction of sp³-hybridized carbons (Fsp3) is 0.182. The minimum absolute atomic E-state index is 0.271. The van der Waals surface area contributed by atoms with Crippen LogP contribution in [0.1, 0.15) is 16.7 Å². The summed E-state index contributed by atoms with van der Waals surface area (Å²) in [6.45, 7) is 1.10. The molecule has 0 bridgehead atoms. The van der Waals surface area contributed by atoms with Gasteiger partial charge in [0.2, 0.25) is 0 Å². The Kier molecular flexibility index (Phi) is 6.18. The highest BCUT2D eigenvalue weighted by molar-refractivity contribution is 5.16. The van der Waals surface area contributed by atoms with Crippen LogP contribution in [-0.2, 0) is 29.1 Å². The fourth-order valence-corrected chi connectivity index (χ4v) is 2.50. The Morgan fingerprint density at radius 1 is 0.500 bits per heavy atom. The van der Waals surface area contributed by atoms with Crippen molar-refractivity contribution in [2.45, 2.75) is 25.9 Å². The number of benzene rings is 3. The third-order valence-corrected chi connectivity index (χ3v) is 3.80. The lowest BCUT2D eigenvalue weighted by Crippen LogP contribution is -2.20. The molecule has 0 N–H and O–H groups in total. The Morgan fingerprint density at radius 3 is 1.29 bits per heavy atom. The van der Waals surface area contributed by atoms with Crippen molar-refractivity contribution in [3.05, 3.63) is 108 Å². The summed E-state index contributed by atoms with van der Waals surface area (Å²) in [6, 6.07) is 30.7. The van der Waals surface area contributed by atoms with Gasteiger partial charge in [0.15, 0.2) is 6.29 Å². The second kappa shape index (κ2) is 9.02. The Bertz CT molecular complexity index is 652. The second-order valence-electron chi connectivity index (χ2n) is 5.71. The lowest BCUT2D eigenvalue weighted by molar-refractivity contribution is -0.155. The van der Waals surface area contributed by atoms with Crippen LogP contribution in [0.3, 0.4) is 0 Å². The summed E-state index contributed by atoms with van der Waals surface area (Å²) < 4.78 is 12.1. The molecular formula is C22H22O2. The van der Waals surface area contributed by atoms with Gasteiger partial charge in [-0.1, -0.05) is 91.0 Å². The van der Waals surface area contributed by atoms with Gasteiger partial charge in [0.1, 0.15) is 0 Å². The largest absolute Gasteiger partial charge is 0.348 e. The normalized spacial score (nSPS) is 10.9. The highest BCUT2D eigenvalue weighted by atomic mass is 16.7. The van der Waals surface area contributed by atoms with E-state index >= 15 is 0 Å². The van der Waals surface area contributed by atoms with Crippen LogP contribution in [0.2, 0.25) is 0 Å². The molecule has 0 fully saturated rings. The zero-order valence-corrected chi connectivity index (χ0v) is 13.7. The van der Waals surface area contributed by atoms with Crippen LogP contribution < -0.4 is 0 Å². The molecule has 2 nitrogen and oxygen atoms in total. The molecule has 0 aliphatic heterocycles. The van der Waals surface area contributed by atoms with E-state index in [1.807, 2.05) is 54.6 Å². The van der Waals surface area contributed by atoms with Gasteiger partial charge in [-0.05, 0) is 16.7 Å². The summed E-state index contributed by atoms with van der Waals surface area (Å²) in [6.07, 6.45) is 0.466. The van der Waals surface area contributed by atoms with Gasteiger partial charge in [-0.3, -0.25) is 0 Å². The summed E-state index contributed by atoms with van der Waals surface area (Å²) in [4.78, 5) is 0. The molecule has 2 heteroatoms. The molecule has 0 spiro atoms. The van der Waals surface area contributed by atoms with E-state index in [1.165, 1.54) is 5.56 Å². The van der Waals surface area contributed by atoms with E-state index in [-0.39, 0.29) is 6.29 Å². The van der Waals surface area contributed by atoms with E-state index in [0.717, 1.165) is 17.5 Å². The second-order valence-corrected chi connectivity index (χ2v) is 5.71. The molecule has 0 saturated heterocycles. The molecule has 3 aromatic carbocycles. The lowest BCUT2D eigenvalue weighted by Gasteiger charge is -2.19. The van der Waals surface area contributed by atoms with Gasteiger partial charge >= 0.3 is 0 Å². The first-order chi connectivity index (χ1) is 11.9. The van der Waals surface area contributed by atoms with Gasteiger partial charge in [0.05, 0.1) is 13.2 Å². The van der Waals surface area contributed by atoms with Crippen LogP contribution >= 0.6 is 0 Å². The smallest absolute Gasteiger partial charge is 0.162 e. The van der Waals surface area contributed by atoms with Crippen molar-refractivity contribution in [2.75, 3.05) is 0 Å². The van der Waals surface area contributed by atoms with Crippen LogP contribution in [0, 0.1) is 0 Å². The van der Waals surface area contributed by atoms with Crippen molar-refractivity contribution in [2.24, 2.45) is 0 Å². The van der Waals surface area contributed by atoms with Crippen molar-refractivity contribution in [1.82, 2.24) is 0 Å². The summed E-state index contributed by atoms with van der Waals surface area (Å²) in [5.41, 5.74) is 3.52. The molecule has 3 aromatic rings. The molecule has 0 heterocycles. The van der Waals surface area contributed by atoms with Gasteiger partial charge in [-0.15, -0.1) is 0 Å². The summed E-state index contributed by atoms with van der Waals surface area (Å²) in [5.74, 6) is 0. The first-order valence-corrected chi connectivity index (χ1v) is 8.25. The summed E-state index contributed by atoms with van der Waals surface area (Å²) in [5, 5.41) is 0. The van der Waals surface area contributed by atoms with Crippen molar-refractivity contribution in [1.29, 1.82) is 0 Å². The molecule has 0 aliphatic carbocycles. The van der Waals surface area contributed by atoms with Gasteiger partial charge in [-0.25, -0.2) is 0 Å². The van der Waals surface area contributed by atoms with E-state index in [2.05, 4.69) is 36.4 Å². The Balaban J connectivity index is 1.61. The Labute approximate surface area is 143 Å². The van der Waals surface area contributed by atoms with Gasteiger partial charge in [-0.2, -0.15) is 0 Å². The minimum atomic E-state index is -0.271. The number of rotatable bonds is 8. The maximum atomic E-state index is 6.03. The highest BCUT2D eigenvalue weighted by Crippen LogP contribution is 2.13. The van der Waals surface area contributed by atoms with Crippen LogP contribution in [0.15, 0.2) is 91.0 Å². The predicted octanol–water partition coefficient (Wildman–Crippen LogP) is 4.99. The molecule has 0 aliphatic rings. The van der Waals surface area contributed by atoms with Crippen LogP contribution in [0.5, 0.6) is 0 Å². The van der Waals surface area contributed by atoms with Gasteiger partial charge < -0.3 is 9.47 Å². The van der Waals surface area contributed by atoms with Crippen molar-refractivity contribution in [3.63, 3.8) is 0 Å². The molecule has 122 valence electrons. The third kappa shape index (κ3) is 5.34. The molecule has 24 heavy (non-hydrogen) atoms. The average molecular weight is 318 g/mol. The van der Waals surface area contributed by atoms with E-state index in [0.29, 0.717) is 13.2 Å². The van der Waals surface area contributed by atoms with E-state index in [1.54, 1.807) is 0 Å². The fourth-order valence-electron chi connectivity index (χ4n) is 2.50. The minimum Gasteiger partial charge on any atom is -0.348 e. The molecule has 0 saturated carbocycles. The lowest BCUT2D eigenvalue weighted by atomic mass is 10.1. The molecule has 0 amide bonds. The first-order valence-electron chi connectivity index (χ1n) is 8.25. The zero-order valence-electron chi connectivity index (χ0n) is 13.7. The standard InChI is InChI=1S/C22H22O2/c1-4-10-19(11-5-1)16-22(23-17-20-12-6-2-7-13-20)24-18-21-14-8-3-9-15-21/h1-15,22H,16-18H2. The molecule has 0 unspecified atom stereocenters. The van der Waals surface area contributed by atoms with Crippen LogP contribution in [-0.4, -0.2) is 6.29 Å². The first kappa shape index (κ1) is 16.4. The van der Waals surface area contributed by atoms with Crippen LogP contribution in [0.25, 0.3) is 0 Å². The van der Waals surface area contributed by atoms with Gasteiger partial charge in [0, 0.05) is 6.42 Å². The number of hydrogen-bond acceptors (Lipinski definition) is 2. The molecule has 3 rings (SSSR count). The SMILES string of the molecule is c1ccc(COC(Cc2ccccc2)OCc2ccccc2)cc1. The zero-order chi connectivity index (χ0) is 16.5. The van der Waals surface area contributed by atoms with Crippen LogP contribution in [0.4, 0.5) is 0 Å². The van der Waals surface area contributed by atoms with E-state index in [4.69, 9.17) is 9.47 Å². The molecule has 0 radical (unpaired) electrons. The van der Waals surface area contributed by atoms with Gasteiger partial charge in [0.25, 0.3) is 0 Å². The average Bonchev–Trinajstić information content (AvgIpc) is 2.66. The van der Waals surface area contributed by atoms with Crippen molar-refractivity contribution in [3.8, 4) is 0 Å². The van der Waals surface area contributed by atoms with E-state index in [9.17, 15) is 0 Å². The third-order valence-electron chi connectivity index (χ3n) is 3.80. The Hall–Kier alpha value is -2.42.